The Morgan fingerprint density at radius 1 is 1.27 bits per heavy atom. The standard InChI is InChI=1S/C12H14Cl2S/c13-11-4-3-10(15-11)12(14)9-6-7-1-2-8(9)5-7/h3-4,7-9,12H,1-2,5-6H2. The average molecular weight is 261 g/mol. The second-order valence-electron chi connectivity index (χ2n) is 4.88. The minimum absolute atomic E-state index is 0.206. The van der Waals surface area contributed by atoms with Crippen molar-refractivity contribution in [3.05, 3.63) is 21.3 Å². The third-order valence-electron chi connectivity index (χ3n) is 4.03. The van der Waals surface area contributed by atoms with Gasteiger partial charge in [0, 0.05) is 4.88 Å². The van der Waals surface area contributed by atoms with E-state index in [1.807, 2.05) is 6.07 Å². The van der Waals surface area contributed by atoms with Gasteiger partial charge < -0.3 is 0 Å². The lowest BCUT2D eigenvalue weighted by molar-refractivity contribution is 0.325. The molecule has 1 aromatic rings. The number of halogens is 2. The van der Waals surface area contributed by atoms with E-state index in [4.69, 9.17) is 23.2 Å². The molecule has 1 aromatic heterocycles. The summed E-state index contributed by atoms with van der Waals surface area (Å²) in [4.78, 5) is 1.26. The van der Waals surface area contributed by atoms with Crippen LogP contribution < -0.4 is 0 Å². The lowest BCUT2D eigenvalue weighted by Gasteiger charge is -2.25. The zero-order chi connectivity index (χ0) is 10.4. The molecule has 0 N–H and O–H groups in total. The van der Waals surface area contributed by atoms with Crippen LogP contribution in [0, 0.1) is 17.8 Å². The third kappa shape index (κ3) is 1.83. The van der Waals surface area contributed by atoms with Gasteiger partial charge in [-0.15, -0.1) is 22.9 Å². The first-order chi connectivity index (χ1) is 7.24. The lowest BCUT2D eigenvalue weighted by atomic mass is 9.86. The SMILES string of the molecule is Clc1ccc(C(Cl)C2CC3CCC2C3)s1. The number of hydrogen-bond donors (Lipinski definition) is 0. The second-order valence-corrected chi connectivity index (χ2v) is 7.10. The molecule has 82 valence electrons. The Bertz CT molecular complexity index is 360. The van der Waals surface area contributed by atoms with Crippen LogP contribution >= 0.6 is 34.5 Å². The molecule has 2 fully saturated rings. The molecule has 3 heteroatoms. The van der Waals surface area contributed by atoms with Gasteiger partial charge in [-0.05, 0) is 49.1 Å². The maximum atomic E-state index is 6.57. The van der Waals surface area contributed by atoms with Crippen LogP contribution in [0.25, 0.3) is 0 Å². The summed E-state index contributed by atoms with van der Waals surface area (Å²) in [5, 5.41) is 0.206. The van der Waals surface area contributed by atoms with Crippen molar-refractivity contribution in [1.29, 1.82) is 0 Å². The van der Waals surface area contributed by atoms with Crippen LogP contribution in [0.5, 0.6) is 0 Å². The number of rotatable bonds is 2. The Balaban J connectivity index is 1.77. The van der Waals surface area contributed by atoms with E-state index in [1.54, 1.807) is 11.3 Å². The highest BCUT2D eigenvalue weighted by molar-refractivity contribution is 7.16. The van der Waals surface area contributed by atoms with Crippen molar-refractivity contribution in [3.63, 3.8) is 0 Å². The normalized spacial score (nSPS) is 36.0. The quantitative estimate of drug-likeness (QED) is 0.648. The van der Waals surface area contributed by atoms with E-state index in [1.165, 1.54) is 30.6 Å². The number of alkyl halides is 1. The first kappa shape index (κ1) is 10.4. The topological polar surface area (TPSA) is 0 Å². The fourth-order valence-electron chi connectivity index (χ4n) is 3.34. The Kier molecular flexibility index (Phi) is 2.74. The van der Waals surface area contributed by atoms with E-state index in [0.29, 0.717) is 5.92 Å². The zero-order valence-corrected chi connectivity index (χ0v) is 10.8. The molecule has 0 nitrogen and oxygen atoms in total. The Hall–Kier alpha value is 0.280. The van der Waals surface area contributed by atoms with Gasteiger partial charge in [0.15, 0.2) is 0 Å². The summed E-state index contributed by atoms with van der Waals surface area (Å²) < 4.78 is 0.860. The molecule has 2 bridgehead atoms. The summed E-state index contributed by atoms with van der Waals surface area (Å²) in [6.45, 7) is 0. The highest BCUT2D eigenvalue weighted by Crippen LogP contribution is 2.55. The minimum Gasteiger partial charge on any atom is -0.127 e. The predicted molar refractivity (Wildman–Crippen MR) is 66.9 cm³/mol. The molecule has 4 unspecified atom stereocenters. The van der Waals surface area contributed by atoms with Gasteiger partial charge in [-0.25, -0.2) is 0 Å². The maximum absolute atomic E-state index is 6.57. The Morgan fingerprint density at radius 3 is 2.67 bits per heavy atom. The van der Waals surface area contributed by atoms with Crippen LogP contribution in [0.1, 0.15) is 35.9 Å². The molecule has 0 aliphatic heterocycles. The van der Waals surface area contributed by atoms with Crippen molar-refractivity contribution in [2.75, 3.05) is 0 Å². The lowest BCUT2D eigenvalue weighted by Crippen LogP contribution is -2.15. The largest absolute Gasteiger partial charge is 0.127 e. The van der Waals surface area contributed by atoms with Gasteiger partial charge in [-0.1, -0.05) is 18.0 Å². The summed E-state index contributed by atoms with van der Waals surface area (Å²) in [5.41, 5.74) is 0. The van der Waals surface area contributed by atoms with E-state index < -0.39 is 0 Å². The molecule has 15 heavy (non-hydrogen) atoms. The third-order valence-corrected chi connectivity index (χ3v) is 6.04. The van der Waals surface area contributed by atoms with Crippen molar-refractivity contribution in [2.45, 2.75) is 31.1 Å². The fraction of sp³-hybridized carbons (Fsp3) is 0.667. The summed E-state index contributed by atoms with van der Waals surface area (Å²) >= 11 is 14.2. The summed E-state index contributed by atoms with van der Waals surface area (Å²) in [6.07, 6.45) is 5.61. The van der Waals surface area contributed by atoms with E-state index in [0.717, 1.165) is 16.2 Å². The monoisotopic (exact) mass is 260 g/mol. The Labute approximate surface area is 105 Å². The van der Waals surface area contributed by atoms with Crippen LogP contribution in [0.2, 0.25) is 4.34 Å². The number of thiophene rings is 1. The van der Waals surface area contributed by atoms with Gasteiger partial charge in [0.25, 0.3) is 0 Å². The van der Waals surface area contributed by atoms with Crippen molar-refractivity contribution in [2.24, 2.45) is 17.8 Å². The van der Waals surface area contributed by atoms with E-state index in [-0.39, 0.29) is 5.38 Å². The van der Waals surface area contributed by atoms with Crippen molar-refractivity contribution in [3.8, 4) is 0 Å². The van der Waals surface area contributed by atoms with Crippen LogP contribution in [0.3, 0.4) is 0 Å². The highest BCUT2D eigenvalue weighted by atomic mass is 35.5. The number of fused-ring (bicyclic) bond motifs is 2. The molecule has 0 saturated heterocycles. The molecule has 3 rings (SSSR count). The average Bonchev–Trinajstić information content (AvgIpc) is 2.90. The second kappa shape index (κ2) is 3.94. The molecular formula is C12H14Cl2S. The number of hydrogen-bond acceptors (Lipinski definition) is 1. The van der Waals surface area contributed by atoms with Crippen molar-refractivity contribution < 1.29 is 0 Å². The first-order valence-corrected chi connectivity index (χ1v) is 7.26. The highest BCUT2D eigenvalue weighted by Gasteiger charge is 2.43. The van der Waals surface area contributed by atoms with Crippen LogP contribution in [0.15, 0.2) is 12.1 Å². The van der Waals surface area contributed by atoms with E-state index in [9.17, 15) is 0 Å². The molecule has 4 atom stereocenters. The zero-order valence-electron chi connectivity index (χ0n) is 8.46. The minimum atomic E-state index is 0.206. The van der Waals surface area contributed by atoms with Gasteiger partial charge in [-0.3, -0.25) is 0 Å². The molecule has 0 aromatic carbocycles. The fourth-order valence-corrected chi connectivity index (χ4v) is 4.97. The van der Waals surface area contributed by atoms with Gasteiger partial charge in [0.05, 0.1) is 9.71 Å². The summed E-state index contributed by atoms with van der Waals surface area (Å²) in [7, 11) is 0. The van der Waals surface area contributed by atoms with Gasteiger partial charge in [0.1, 0.15) is 0 Å². The maximum Gasteiger partial charge on any atom is 0.0931 e. The van der Waals surface area contributed by atoms with E-state index >= 15 is 0 Å². The van der Waals surface area contributed by atoms with Crippen LogP contribution in [0.4, 0.5) is 0 Å². The summed E-state index contributed by atoms with van der Waals surface area (Å²) in [5.74, 6) is 2.56. The Morgan fingerprint density at radius 2 is 2.13 bits per heavy atom. The molecular weight excluding hydrogens is 247 g/mol. The van der Waals surface area contributed by atoms with Crippen LogP contribution in [-0.2, 0) is 0 Å². The first-order valence-electron chi connectivity index (χ1n) is 5.63. The molecule has 0 spiro atoms. The van der Waals surface area contributed by atoms with Gasteiger partial charge in [-0.2, -0.15) is 0 Å². The van der Waals surface area contributed by atoms with Crippen molar-refractivity contribution >= 4 is 34.5 Å². The molecule has 0 amide bonds. The van der Waals surface area contributed by atoms with Crippen molar-refractivity contribution in [1.82, 2.24) is 0 Å². The van der Waals surface area contributed by atoms with E-state index in [2.05, 4.69) is 6.07 Å². The van der Waals surface area contributed by atoms with Crippen LogP contribution in [-0.4, -0.2) is 0 Å². The molecule has 2 aliphatic carbocycles. The van der Waals surface area contributed by atoms with Gasteiger partial charge in [0.2, 0.25) is 0 Å². The molecule has 2 aliphatic rings. The smallest absolute Gasteiger partial charge is 0.0931 e. The molecule has 1 heterocycles. The predicted octanol–water partition coefficient (Wildman–Crippen LogP) is 5.12. The molecule has 2 saturated carbocycles. The van der Waals surface area contributed by atoms with Gasteiger partial charge >= 0.3 is 0 Å². The summed E-state index contributed by atoms with van der Waals surface area (Å²) in [6, 6.07) is 4.06. The molecule has 0 radical (unpaired) electrons.